The first-order chi connectivity index (χ1) is 11.9. The molecule has 1 fully saturated rings. The second kappa shape index (κ2) is 10.7. The van der Waals surface area contributed by atoms with Gasteiger partial charge in [0, 0.05) is 13.0 Å². The molecule has 0 spiro atoms. The molecule has 0 unspecified atom stereocenters. The average molecular weight is 390 g/mol. The molecule has 0 saturated carbocycles. The van der Waals surface area contributed by atoms with E-state index >= 15 is 0 Å². The number of ether oxygens (including phenoxy) is 3. The fourth-order valence-corrected chi connectivity index (χ4v) is 2.86. The molecule has 148 valence electrons. The first-order valence-electron chi connectivity index (χ1n) is 8.94. The summed E-state index contributed by atoms with van der Waals surface area (Å²) in [5.74, 6) is 0.320. The van der Waals surface area contributed by atoms with Gasteiger partial charge in [0.05, 0.1) is 0 Å². The number of quaternary nitrogens is 1. The van der Waals surface area contributed by atoms with Gasteiger partial charge in [-0.2, -0.15) is 0 Å². The van der Waals surface area contributed by atoms with Crippen LogP contribution in [0.4, 0.5) is 4.39 Å². The van der Waals surface area contributed by atoms with E-state index in [4.69, 9.17) is 14.2 Å². The summed E-state index contributed by atoms with van der Waals surface area (Å²) in [6, 6.07) is 5.55. The third kappa shape index (κ3) is 6.74. The van der Waals surface area contributed by atoms with Crippen LogP contribution in [0.15, 0.2) is 24.3 Å². The van der Waals surface area contributed by atoms with Crippen LogP contribution in [0.5, 0.6) is 5.75 Å². The van der Waals surface area contributed by atoms with Crippen molar-refractivity contribution in [2.45, 2.75) is 64.4 Å². The second-order valence-corrected chi connectivity index (χ2v) is 7.07. The molecular formula is C19H29ClFNO4. The minimum Gasteiger partial charge on any atom is -1.00 e. The number of hydrogen-bond donors (Lipinski definition) is 1. The van der Waals surface area contributed by atoms with Gasteiger partial charge in [0.2, 0.25) is 0 Å². The van der Waals surface area contributed by atoms with Crippen molar-refractivity contribution in [1.29, 1.82) is 0 Å². The van der Waals surface area contributed by atoms with Gasteiger partial charge in [-0.05, 0) is 49.9 Å². The molecule has 26 heavy (non-hydrogen) atoms. The third-order valence-electron chi connectivity index (χ3n) is 4.23. The molecular weight excluding hydrogens is 361 g/mol. The zero-order valence-corrected chi connectivity index (χ0v) is 16.4. The van der Waals surface area contributed by atoms with E-state index in [0.717, 1.165) is 6.42 Å². The number of benzene rings is 1. The summed E-state index contributed by atoms with van der Waals surface area (Å²) in [6.45, 7) is 6.49. The van der Waals surface area contributed by atoms with Gasteiger partial charge in [-0.15, -0.1) is 0 Å². The minimum absolute atomic E-state index is 0. The number of carbonyl (C=O) groups is 1. The van der Waals surface area contributed by atoms with Crippen LogP contribution >= 0.6 is 0 Å². The molecule has 1 aliphatic heterocycles. The first-order valence-corrected chi connectivity index (χ1v) is 8.94. The van der Waals surface area contributed by atoms with Crippen LogP contribution < -0.4 is 22.9 Å². The predicted octanol–water partition coefficient (Wildman–Crippen LogP) is -0.656. The fourth-order valence-electron chi connectivity index (χ4n) is 2.86. The second-order valence-electron chi connectivity index (χ2n) is 7.07. The van der Waals surface area contributed by atoms with Gasteiger partial charge in [0.1, 0.15) is 29.9 Å². The summed E-state index contributed by atoms with van der Waals surface area (Å²) in [4.78, 5) is 12.1. The summed E-state index contributed by atoms with van der Waals surface area (Å²) < 4.78 is 30.8. The highest BCUT2D eigenvalue weighted by atomic mass is 35.5. The summed E-state index contributed by atoms with van der Waals surface area (Å²) in [6.07, 6.45) is 1.03. The van der Waals surface area contributed by atoms with Crippen LogP contribution in [0.3, 0.4) is 0 Å². The van der Waals surface area contributed by atoms with Crippen molar-refractivity contribution >= 4 is 5.97 Å². The van der Waals surface area contributed by atoms with Crippen molar-refractivity contribution in [2.75, 3.05) is 6.61 Å². The molecule has 1 aliphatic rings. The summed E-state index contributed by atoms with van der Waals surface area (Å²) in [7, 11) is 0. The van der Waals surface area contributed by atoms with Gasteiger partial charge < -0.3 is 32.4 Å². The van der Waals surface area contributed by atoms with E-state index in [9.17, 15) is 9.18 Å². The zero-order valence-electron chi connectivity index (χ0n) is 15.6. The third-order valence-corrected chi connectivity index (χ3v) is 4.23. The lowest BCUT2D eigenvalue weighted by molar-refractivity contribution is -0.410. The Balaban J connectivity index is 0.00000338. The molecule has 0 radical (unpaired) electrons. The van der Waals surface area contributed by atoms with E-state index in [2.05, 4.69) is 19.6 Å². The van der Waals surface area contributed by atoms with E-state index in [1.54, 1.807) is 12.1 Å². The molecule has 1 saturated heterocycles. The molecule has 5 nitrogen and oxygen atoms in total. The molecule has 4 atom stereocenters. The Morgan fingerprint density at radius 3 is 2.54 bits per heavy atom. The Morgan fingerprint density at radius 2 is 1.92 bits per heavy atom. The highest BCUT2D eigenvalue weighted by Gasteiger charge is 2.35. The largest absolute Gasteiger partial charge is 1.00 e. The molecule has 2 rings (SSSR count). The lowest BCUT2D eigenvalue weighted by atomic mass is 10.0. The molecule has 0 amide bonds. The van der Waals surface area contributed by atoms with Crippen molar-refractivity contribution in [2.24, 2.45) is 5.92 Å². The number of rotatable bonds is 5. The van der Waals surface area contributed by atoms with Crippen molar-refractivity contribution in [3.63, 3.8) is 0 Å². The fraction of sp³-hybridized carbons (Fsp3) is 0.632. The molecule has 0 bridgehead atoms. The zero-order chi connectivity index (χ0) is 18.4. The maximum absolute atomic E-state index is 13.1. The van der Waals surface area contributed by atoms with Crippen molar-refractivity contribution in [1.82, 2.24) is 0 Å². The van der Waals surface area contributed by atoms with Crippen molar-refractivity contribution in [3.05, 3.63) is 30.1 Å². The van der Waals surface area contributed by atoms with Gasteiger partial charge in [0.25, 0.3) is 0 Å². The van der Waals surface area contributed by atoms with E-state index < -0.39 is 6.10 Å². The standard InChI is InChI=1S/C19H28FNO4.ClH/c1-12(2)11-23-18-13(3)24-19(22)16(21)5-4-6-17(18)25-15-9-7-14(20)8-10-15;/h7-10,12-13,16-18H,4-6,11,21H2,1-3H3;1H/t13-,16-,17-,18-;/m0./s1. The highest BCUT2D eigenvalue weighted by molar-refractivity contribution is 5.74. The predicted molar refractivity (Wildman–Crippen MR) is 91.5 cm³/mol. The lowest BCUT2D eigenvalue weighted by Crippen LogP contribution is -3.00. The summed E-state index contributed by atoms with van der Waals surface area (Å²) in [5, 5.41) is 0. The van der Waals surface area contributed by atoms with Gasteiger partial charge in [-0.1, -0.05) is 13.8 Å². The lowest BCUT2D eigenvalue weighted by Gasteiger charge is -2.31. The Labute approximate surface area is 160 Å². The first kappa shape index (κ1) is 22.7. The van der Waals surface area contributed by atoms with Gasteiger partial charge in [-0.25, -0.2) is 9.18 Å². The smallest absolute Gasteiger partial charge is 0.365 e. The van der Waals surface area contributed by atoms with Crippen LogP contribution in [0.25, 0.3) is 0 Å². The number of cyclic esters (lactones) is 1. The topological polar surface area (TPSA) is 72.4 Å². The van der Waals surface area contributed by atoms with E-state index in [0.29, 0.717) is 31.1 Å². The number of carbonyl (C=O) groups excluding carboxylic acids is 1. The van der Waals surface area contributed by atoms with Crippen LogP contribution in [-0.4, -0.2) is 36.9 Å². The Kier molecular flexibility index (Phi) is 9.33. The van der Waals surface area contributed by atoms with Gasteiger partial charge in [0.15, 0.2) is 6.04 Å². The Hall–Kier alpha value is -1.37. The normalized spacial score (nSPS) is 26.9. The average Bonchev–Trinajstić information content (AvgIpc) is 2.59. The van der Waals surface area contributed by atoms with E-state index in [1.807, 2.05) is 6.92 Å². The maximum Gasteiger partial charge on any atom is 0.365 e. The molecule has 1 aromatic rings. The number of esters is 1. The number of halogens is 2. The summed E-state index contributed by atoms with van der Waals surface area (Å²) in [5.41, 5.74) is 3.88. The minimum atomic E-state index is -0.445. The molecule has 0 aromatic heterocycles. The highest BCUT2D eigenvalue weighted by Crippen LogP contribution is 2.24. The number of hydrogen-bond acceptors (Lipinski definition) is 4. The maximum atomic E-state index is 13.1. The molecule has 1 aromatic carbocycles. The SMILES string of the molecule is CC(C)CO[C@H]1[C@H](C)OC(=O)[C@@H]([NH3+])CCC[C@@H]1Oc1ccc(F)cc1.[Cl-]. The molecule has 0 aliphatic carbocycles. The Bertz CT molecular complexity index is 555. The van der Waals surface area contributed by atoms with Crippen LogP contribution in [0.2, 0.25) is 0 Å². The van der Waals surface area contributed by atoms with Crippen LogP contribution in [0.1, 0.15) is 40.0 Å². The van der Waals surface area contributed by atoms with Gasteiger partial charge in [-0.3, -0.25) is 0 Å². The molecule has 1 heterocycles. The summed E-state index contributed by atoms with van der Waals surface area (Å²) >= 11 is 0. The van der Waals surface area contributed by atoms with Crippen molar-refractivity contribution in [3.8, 4) is 5.75 Å². The molecule has 3 N–H and O–H groups in total. The van der Waals surface area contributed by atoms with E-state index in [1.165, 1.54) is 12.1 Å². The van der Waals surface area contributed by atoms with Crippen LogP contribution in [0, 0.1) is 11.7 Å². The molecule has 7 heteroatoms. The Morgan fingerprint density at radius 1 is 1.27 bits per heavy atom. The van der Waals surface area contributed by atoms with E-state index in [-0.39, 0.29) is 42.4 Å². The van der Waals surface area contributed by atoms with Crippen LogP contribution in [-0.2, 0) is 14.3 Å². The van der Waals surface area contributed by atoms with Gasteiger partial charge >= 0.3 is 5.97 Å². The van der Waals surface area contributed by atoms with Crippen molar-refractivity contribution < 1.29 is 41.5 Å². The quantitative estimate of drug-likeness (QED) is 0.679. The monoisotopic (exact) mass is 389 g/mol.